The summed E-state index contributed by atoms with van der Waals surface area (Å²) < 4.78 is 5.41. The van der Waals surface area contributed by atoms with Gasteiger partial charge >= 0.3 is 0 Å². The van der Waals surface area contributed by atoms with Crippen molar-refractivity contribution in [2.24, 2.45) is 4.99 Å². The van der Waals surface area contributed by atoms with Gasteiger partial charge in [-0.25, -0.2) is 9.97 Å². The number of benzene rings is 1. The standard InChI is InChI=1S/C20H28N6O.HI/c1-16-5-6-17(15-18(16)27-3)7-10-24-19(21-2)25-11-13-26(14-12-25)20-22-8-4-9-23-20;/h4-6,8-9,15H,7,10-14H2,1-3H3,(H,21,24);1H. The molecule has 28 heavy (non-hydrogen) atoms. The highest BCUT2D eigenvalue weighted by atomic mass is 127. The maximum absolute atomic E-state index is 5.41. The number of methoxy groups -OCH3 is 1. The zero-order chi connectivity index (χ0) is 19.1. The van der Waals surface area contributed by atoms with Crippen molar-refractivity contribution in [3.05, 3.63) is 47.8 Å². The highest BCUT2D eigenvalue weighted by molar-refractivity contribution is 14.0. The van der Waals surface area contributed by atoms with Gasteiger partial charge in [0.1, 0.15) is 5.75 Å². The number of nitrogens with zero attached hydrogens (tertiary/aromatic N) is 5. The number of rotatable bonds is 5. The molecule has 3 rings (SSSR count). The van der Waals surface area contributed by atoms with E-state index in [0.29, 0.717) is 0 Å². The van der Waals surface area contributed by atoms with Gasteiger partial charge in [0, 0.05) is 52.2 Å². The smallest absolute Gasteiger partial charge is 0.225 e. The van der Waals surface area contributed by atoms with Crippen LogP contribution in [0.2, 0.25) is 0 Å². The average Bonchev–Trinajstić information content (AvgIpc) is 2.73. The molecule has 0 atom stereocenters. The van der Waals surface area contributed by atoms with Crippen LogP contribution in [0.3, 0.4) is 0 Å². The van der Waals surface area contributed by atoms with E-state index in [-0.39, 0.29) is 24.0 Å². The first-order valence-electron chi connectivity index (χ1n) is 9.32. The monoisotopic (exact) mass is 496 g/mol. The van der Waals surface area contributed by atoms with Gasteiger partial charge in [-0.2, -0.15) is 0 Å². The molecule has 1 aliphatic rings. The Morgan fingerprint density at radius 3 is 2.54 bits per heavy atom. The second-order valence-electron chi connectivity index (χ2n) is 6.55. The van der Waals surface area contributed by atoms with E-state index < -0.39 is 0 Å². The van der Waals surface area contributed by atoms with Gasteiger partial charge in [0.05, 0.1) is 7.11 Å². The third-order valence-electron chi connectivity index (χ3n) is 4.80. The van der Waals surface area contributed by atoms with E-state index in [2.05, 4.69) is 55.2 Å². The number of aryl methyl sites for hydroxylation is 1. The Labute approximate surface area is 184 Å². The second kappa shape index (κ2) is 11.0. The number of aromatic nitrogens is 2. The Kier molecular flexibility index (Phi) is 8.75. The van der Waals surface area contributed by atoms with Crippen molar-refractivity contribution in [1.82, 2.24) is 20.2 Å². The minimum Gasteiger partial charge on any atom is -0.496 e. The molecule has 1 fully saturated rings. The number of halogens is 1. The summed E-state index contributed by atoms with van der Waals surface area (Å²) in [6.45, 7) is 6.47. The van der Waals surface area contributed by atoms with E-state index in [1.54, 1.807) is 19.5 Å². The van der Waals surface area contributed by atoms with E-state index in [0.717, 1.165) is 62.4 Å². The van der Waals surface area contributed by atoms with Crippen LogP contribution in [-0.2, 0) is 6.42 Å². The van der Waals surface area contributed by atoms with Crippen LogP contribution in [0.15, 0.2) is 41.7 Å². The zero-order valence-electron chi connectivity index (χ0n) is 16.8. The molecule has 1 aromatic heterocycles. The molecule has 0 unspecified atom stereocenters. The lowest BCUT2D eigenvalue weighted by Gasteiger charge is -2.36. The van der Waals surface area contributed by atoms with Crippen LogP contribution in [0.1, 0.15) is 11.1 Å². The molecular weight excluding hydrogens is 467 g/mol. The van der Waals surface area contributed by atoms with Gasteiger partial charge in [0.2, 0.25) is 5.95 Å². The predicted molar refractivity (Wildman–Crippen MR) is 124 cm³/mol. The Bertz CT molecular complexity index is 763. The molecule has 7 nitrogen and oxygen atoms in total. The quantitative estimate of drug-likeness (QED) is 0.390. The normalized spacial score (nSPS) is 14.5. The van der Waals surface area contributed by atoms with Crippen LogP contribution in [0.4, 0.5) is 5.95 Å². The number of anilines is 1. The summed E-state index contributed by atoms with van der Waals surface area (Å²) in [6.07, 6.45) is 4.50. The first-order valence-corrected chi connectivity index (χ1v) is 9.32. The third-order valence-corrected chi connectivity index (χ3v) is 4.80. The molecule has 1 aliphatic heterocycles. The molecule has 152 valence electrons. The largest absolute Gasteiger partial charge is 0.496 e. The highest BCUT2D eigenvalue weighted by Gasteiger charge is 2.20. The van der Waals surface area contributed by atoms with Gasteiger partial charge < -0.3 is 19.9 Å². The molecule has 0 saturated carbocycles. The SMILES string of the molecule is CN=C(NCCc1ccc(C)c(OC)c1)N1CCN(c2ncccn2)CC1.I. The van der Waals surface area contributed by atoms with Crippen LogP contribution >= 0.6 is 24.0 Å². The molecule has 0 aliphatic carbocycles. The van der Waals surface area contributed by atoms with Crippen molar-refractivity contribution >= 4 is 35.9 Å². The van der Waals surface area contributed by atoms with Crippen LogP contribution in [0.5, 0.6) is 5.75 Å². The minimum absolute atomic E-state index is 0. The van der Waals surface area contributed by atoms with Crippen molar-refractivity contribution in [2.45, 2.75) is 13.3 Å². The average molecular weight is 496 g/mol. The first kappa shape index (κ1) is 22.2. The summed E-state index contributed by atoms with van der Waals surface area (Å²) in [5.74, 6) is 2.69. The molecule has 0 radical (unpaired) electrons. The van der Waals surface area contributed by atoms with Crippen LogP contribution in [0.25, 0.3) is 0 Å². The Morgan fingerprint density at radius 2 is 1.89 bits per heavy atom. The highest BCUT2D eigenvalue weighted by Crippen LogP contribution is 2.19. The Balaban J connectivity index is 0.00000280. The maximum atomic E-state index is 5.41. The lowest BCUT2D eigenvalue weighted by atomic mass is 10.1. The second-order valence-corrected chi connectivity index (χ2v) is 6.55. The summed E-state index contributed by atoms with van der Waals surface area (Å²) >= 11 is 0. The number of ether oxygens (including phenoxy) is 1. The first-order chi connectivity index (χ1) is 13.2. The molecular formula is C20H29IN6O. The Hall–Kier alpha value is -2.10. The van der Waals surface area contributed by atoms with Gasteiger partial charge in [0.25, 0.3) is 0 Å². The predicted octanol–water partition coefficient (Wildman–Crippen LogP) is 2.35. The van der Waals surface area contributed by atoms with Crippen molar-refractivity contribution in [1.29, 1.82) is 0 Å². The summed E-state index contributed by atoms with van der Waals surface area (Å²) in [6, 6.07) is 8.21. The molecule has 1 N–H and O–H groups in total. The minimum atomic E-state index is 0. The van der Waals surface area contributed by atoms with Gasteiger partial charge in [-0.1, -0.05) is 12.1 Å². The fourth-order valence-electron chi connectivity index (χ4n) is 3.24. The lowest BCUT2D eigenvalue weighted by Crippen LogP contribution is -2.53. The molecule has 0 amide bonds. The summed E-state index contributed by atoms with van der Waals surface area (Å²) in [7, 11) is 3.55. The number of piperazine rings is 1. The summed E-state index contributed by atoms with van der Waals surface area (Å²) in [4.78, 5) is 17.6. The third kappa shape index (κ3) is 5.70. The van der Waals surface area contributed by atoms with Crippen molar-refractivity contribution < 1.29 is 4.74 Å². The Morgan fingerprint density at radius 1 is 1.18 bits per heavy atom. The fourth-order valence-corrected chi connectivity index (χ4v) is 3.24. The number of aliphatic imine (C=N–C) groups is 1. The van der Waals surface area contributed by atoms with E-state index in [1.807, 2.05) is 13.1 Å². The number of hydrogen-bond donors (Lipinski definition) is 1. The number of guanidine groups is 1. The summed E-state index contributed by atoms with van der Waals surface area (Å²) in [5.41, 5.74) is 2.41. The number of nitrogens with one attached hydrogen (secondary N) is 1. The lowest BCUT2D eigenvalue weighted by molar-refractivity contribution is 0.370. The van der Waals surface area contributed by atoms with E-state index in [1.165, 1.54) is 5.56 Å². The zero-order valence-corrected chi connectivity index (χ0v) is 19.1. The fraction of sp³-hybridized carbons (Fsp3) is 0.450. The van der Waals surface area contributed by atoms with Crippen LogP contribution < -0.4 is 15.0 Å². The van der Waals surface area contributed by atoms with E-state index in [4.69, 9.17) is 4.74 Å². The molecule has 8 heteroatoms. The number of hydrogen-bond acceptors (Lipinski definition) is 5. The van der Waals surface area contributed by atoms with Crippen LogP contribution in [0, 0.1) is 6.92 Å². The van der Waals surface area contributed by atoms with Gasteiger partial charge in [0.15, 0.2) is 5.96 Å². The van der Waals surface area contributed by atoms with Gasteiger partial charge in [-0.05, 0) is 36.6 Å². The van der Waals surface area contributed by atoms with E-state index >= 15 is 0 Å². The maximum Gasteiger partial charge on any atom is 0.225 e. The topological polar surface area (TPSA) is 65.9 Å². The molecule has 1 saturated heterocycles. The molecule has 0 bridgehead atoms. The van der Waals surface area contributed by atoms with Crippen molar-refractivity contribution in [3.8, 4) is 5.75 Å². The molecule has 0 spiro atoms. The van der Waals surface area contributed by atoms with E-state index in [9.17, 15) is 0 Å². The molecule has 2 heterocycles. The van der Waals surface area contributed by atoms with Crippen molar-refractivity contribution in [3.63, 3.8) is 0 Å². The van der Waals surface area contributed by atoms with Gasteiger partial charge in [-0.3, -0.25) is 4.99 Å². The molecule has 1 aromatic carbocycles. The summed E-state index contributed by atoms with van der Waals surface area (Å²) in [5, 5.41) is 3.48. The molecule has 2 aromatic rings. The van der Waals surface area contributed by atoms with Gasteiger partial charge in [-0.15, -0.1) is 24.0 Å². The van der Waals surface area contributed by atoms with Crippen molar-refractivity contribution in [2.75, 3.05) is 51.8 Å². The van der Waals surface area contributed by atoms with Crippen LogP contribution in [-0.4, -0.2) is 67.7 Å².